The first-order chi connectivity index (χ1) is 9.97. The molecule has 0 atom stereocenters. The molecule has 0 radical (unpaired) electrons. The Morgan fingerprint density at radius 1 is 1.19 bits per heavy atom. The maximum absolute atomic E-state index is 11.4. The average Bonchev–Trinajstić information content (AvgIpc) is 2.82. The Labute approximate surface area is 120 Å². The monoisotopic (exact) mass is 282 g/mol. The van der Waals surface area contributed by atoms with Crippen molar-refractivity contribution < 1.29 is 9.90 Å². The fraction of sp³-hybridized carbons (Fsp3) is 0.133. The maximum atomic E-state index is 11.4. The van der Waals surface area contributed by atoms with E-state index in [4.69, 9.17) is 5.73 Å². The van der Waals surface area contributed by atoms with E-state index in [1.54, 1.807) is 10.9 Å². The summed E-state index contributed by atoms with van der Waals surface area (Å²) < 4.78 is 1.67. The van der Waals surface area contributed by atoms with Crippen molar-refractivity contribution in [3.8, 4) is 5.82 Å². The van der Waals surface area contributed by atoms with Crippen LogP contribution in [0.4, 0.5) is 5.69 Å². The number of carboxylic acid groups (broad SMARTS) is 1. The number of nitrogens with zero attached hydrogens (tertiary/aromatic N) is 3. The van der Waals surface area contributed by atoms with Gasteiger partial charge in [-0.3, -0.25) is 4.57 Å². The number of nitrogens with two attached hydrogens (primary N) is 1. The van der Waals surface area contributed by atoms with Gasteiger partial charge in [-0.15, -0.1) is 0 Å². The van der Waals surface area contributed by atoms with Gasteiger partial charge in [-0.1, -0.05) is 0 Å². The van der Waals surface area contributed by atoms with Crippen LogP contribution >= 0.6 is 0 Å². The number of nitrogen functional groups attached to an aromatic ring is 1. The number of pyridine rings is 1. The summed E-state index contributed by atoms with van der Waals surface area (Å²) in [5, 5.41) is 9.33. The molecule has 2 aromatic heterocycles. The Balaban J connectivity index is 2.31. The first-order valence-corrected chi connectivity index (χ1v) is 6.41. The second-order valence-corrected chi connectivity index (χ2v) is 4.98. The Hall–Kier alpha value is -2.89. The molecule has 3 N–H and O–H groups in total. The average molecular weight is 282 g/mol. The van der Waals surface area contributed by atoms with Crippen LogP contribution in [0.25, 0.3) is 16.9 Å². The summed E-state index contributed by atoms with van der Waals surface area (Å²) in [5.74, 6) is -0.766. The Bertz CT molecular complexity index is 867. The van der Waals surface area contributed by atoms with Crippen LogP contribution in [0.1, 0.15) is 21.5 Å². The highest BCUT2D eigenvalue weighted by Gasteiger charge is 2.16. The third-order valence-electron chi connectivity index (χ3n) is 3.51. The molecule has 0 saturated carbocycles. The molecule has 0 bridgehead atoms. The molecule has 6 nitrogen and oxygen atoms in total. The summed E-state index contributed by atoms with van der Waals surface area (Å²) >= 11 is 0. The number of benzene rings is 1. The Morgan fingerprint density at radius 2 is 1.90 bits per heavy atom. The molecular weight excluding hydrogens is 268 g/mol. The van der Waals surface area contributed by atoms with Crippen LogP contribution in [0.3, 0.4) is 0 Å². The molecule has 0 saturated heterocycles. The molecule has 1 aromatic carbocycles. The highest BCUT2D eigenvalue weighted by atomic mass is 16.4. The van der Waals surface area contributed by atoms with Crippen molar-refractivity contribution in [2.24, 2.45) is 0 Å². The molecular formula is C15H14N4O2. The lowest BCUT2D eigenvalue weighted by molar-refractivity contribution is 0.0696. The number of carbonyl (C=O) groups is 1. The smallest absolute Gasteiger partial charge is 0.339 e. The van der Waals surface area contributed by atoms with Crippen LogP contribution in [0.15, 0.2) is 30.7 Å². The van der Waals surface area contributed by atoms with Crippen LogP contribution in [0.2, 0.25) is 0 Å². The van der Waals surface area contributed by atoms with Crippen LogP contribution in [-0.2, 0) is 0 Å². The van der Waals surface area contributed by atoms with E-state index in [0.29, 0.717) is 11.5 Å². The molecule has 0 fully saturated rings. The van der Waals surface area contributed by atoms with Crippen molar-refractivity contribution in [3.63, 3.8) is 0 Å². The SMILES string of the molecule is Cc1cc2ncn(-c3ncc(N)cc3C(=O)O)c2cc1C. The van der Waals surface area contributed by atoms with Crippen molar-refractivity contribution in [2.45, 2.75) is 13.8 Å². The number of anilines is 1. The predicted octanol–water partition coefficient (Wildman–Crippen LogP) is 2.32. The lowest BCUT2D eigenvalue weighted by Crippen LogP contribution is -2.08. The minimum absolute atomic E-state index is 0.0486. The van der Waals surface area contributed by atoms with E-state index >= 15 is 0 Å². The second-order valence-electron chi connectivity index (χ2n) is 4.98. The summed E-state index contributed by atoms with van der Waals surface area (Å²) in [4.78, 5) is 19.9. The van der Waals surface area contributed by atoms with Gasteiger partial charge in [0.1, 0.15) is 11.9 Å². The molecule has 0 amide bonds. The van der Waals surface area contributed by atoms with Crippen LogP contribution in [0, 0.1) is 13.8 Å². The quantitative estimate of drug-likeness (QED) is 0.752. The number of hydrogen-bond acceptors (Lipinski definition) is 4. The van der Waals surface area contributed by atoms with E-state index in [-0.39, 0.29) is 5.56 Å². The zero-order valence-electron chi connectivity index (χ0n) is 11.7. The van der Waals surface area contributed by atoms with Gasteiger partial charge < -0.3 is 10.8 Å². The summed E-state index contributed by atoms with van der Waals surface area (Å²) in [6.07, 6.45) is 3.02. The van der Waals surface area contributed by atoms with Crippen molar-refractivity contribution in [1.29, 1.82) is 0 Å². The number of imidazole rings is 1. The highest BCUT2D eigenvalue weighted by molar-refractivity contribution is 5.93. The van der Waals surface area contributed by atoms with E-state index in [1.165, 1.54) is 12.3 Å². The summed E-state index contributed by atoms with van der Waals surface area (Å²) in [6.45, 7) is 4.01. The molecule has 0 spiro atoms. The third kappa shape index (κ3) is 2.10. The van der Waals surface area contributed by atoms with Gasteiger partial charge >= 0.3 is 5.97 Å². The van der Waals surface area contributed by atoms with E-state index in [0.717, 1.165) is 22.2 Å². The molecule has 2 heterocycles. The number of carboxylic acids is 1. The van der Waals surface area contributed by atoms with Gasteiger partial charge in [0.2, 0.25) is 0 Å². The predicted molar refractivity (Wildman–Crippen MR) is 79.7 cm³/mol. The van der Waals surface area contributed by atoms with Crippen molar-refractivity contribution >= 4 is 22.7 Å². The molecule has 0 unspecified atom stereocenters. The molecule has 0 aliphatic heterocycles. The Kier molecular flexibility index (Phi) is 2.86. The standard InChI is InChI=1S/C15H14N4O2/c1-8-3-12-13(4-9(8)2)19(7-18-12)14-11(15(20)21)5-10(16)6-17-14/h3-7H,16H2,1-2H3,(H,20,21). The molecule has 6 heteroatoms. The van der Waals surface area contributed by atoms with E-state index in [1.807, 2.05) is 26.0 Å². The van der Waals surface area contributed by atoms with E-state index in [9.17, 15) is 9.90 Å². The van der Waals surface area contributed by atoms with Gasteiger partial charge in [0.05, 0.1) is 22.9 Å². The number of aromatic nitrogens is 3. The van der Waals surface area contributed by atoms with Gasteiger partial charge in [0.15, 0.2) is 5.82 Å². The zero-order chi connectivity index (χ0) is 15.1. The van der Waals surface area contributed by atoms with E-state index in [2.05, 4.69) is 9.97 Å². The molecule has 0 aliphatic rings. The Morgan fingerprint density at radius 3 is 2.62 bits per heavy atom. The van der Waals surface area contributed by atoms with Crippen molar-refractivity contribution in [3.05, 3.63) is 47.4 Å². The number of fused-ring (bicyclic) bond motifs is 1. The van der Waals surface area contributed by atoms with Crippen molar-refractivity contribution in [2.75, 3.05) is 5.73 Å². The first-order valence-electron chi connectivity index (χ1n) is 6.41. The number of rotatable bonds is 2. The van der Waals surface area contributed by atoms with Crippen LogP contribution in [0.5, 0.6) is 0 Å². The summed E-state index contributed by atoms with van der Waals surface area (Å²) in [7, 11) is 0. The minimum Gasteiger partial charge on any atom is -0.478 e. The van der Waals surface area contributed by atoms with Crippen molar-refractivity contribution in [1.82, 2.24) is 14.5 Å². The van der Waals surface area contributed by atoms with Gasteiger partial charge in [-0.25, -0.2) is 14.8 Å². The summed E-state index contributed by atoms with van der Waals surface area (Å²) in [5.41, 5.74) is 9.85. The molecule has 106 valence electrons. The second kappa shape index (κ2) is 4.59. The van der Waals surface area contributed by atoms with Crippen LogP contribution in [-0.4, -0.2) is 25.6 Å². The fourth-order valence-electron chi connectivity index (χ4n) is 2.26. The highest BCUT2D eigenvalue weighted by Crippen LogP contribution is 2.23. The number of aromatic carboxylic acids is 1. The maximum Gasteiger partial charge on any atom is 0.339 e. The molecule has 21 heavy (non-hydrogen) atoms. The first kappa shape index (κ1) is 13.1. The molecule has 3 rings (SSSR count). The third-order valence-corrected chi connectivity index (χ3v) is 3.51. The van der Waals surface area contributed by atoms with Gasteiger partial charge in [0.25, 0.3) is 0 Å². The molecule has 3 aromatic rings. The topological polar surface area (TPSA) is 94.0 Å². The van der Waals surface area contributed by atoms with Gasteiger partial charge in [0, 0.05) is 0 Å². The summed E-state index contributed by atoms with van der Waals surface area (Å²) in [6, 6.07) is 5.35. The zero-order valence-corrected chi connectivity index (χ0v) is 11.7. The van der Waals surface area contributed by atoms with E-state index < -0.39 is 5.97 Å². The largest absolute Gasteiger partial charge is 0.478 e. The van der Waals surface area contributed by atoms with Gasteiger partial charge in [-0.05, 0) is 43.2 Å². The minimum atomic E-state index is -1.07. The molecule has 0 aliphatic carbocycles. The fourth-order valence-corrected chi connectivity index (χ4v) is 2.26. The van der Waals surface area contributed by atoms with Crippen LogP contribution < -0.4 is 5.73 Å². The number of aryl methyl sites for hydroxylation is 2. The normalized spacial score (nSPS) is 11.0. The van der Waals surface area contributed by atoms with Gasteiger partial charge in [-0.2, -0.15) is 0 Å². The lowest BCUT2D eigenvalue weighted by Gasteiger charge is -2.09. The number of hydrogen-bond donors (Lipinski definition) is 2. The lowest BCUT2D eigenvalue weighted by atomic mass is 10.1.